The number of amides is 2. The summed E-state index contributed by atoms with van der Waals surface area (Å²) < 4.78 is 0.649. The lowest BCUT2D eigenvalue weighted by Gasteiger charge is -2.16. The van der Waals surface area contributed by atoms with Crippen molar-refractivity contribution in [2.24, 2.45) is 0 Å². The molecule has 1 unspecified atom stereocenters. The minimum absolute atomic E-state index is 0.214. The van der Waals surface area contributed by atoms with Crippen molar-refractivity contribution in [2.75, 3.05) is 0 Å². The van der Waals surface area contributed by atoms with E-state index in [-0.39, 0.29) is 6.04 Å². The number of thiophene rings is 1. The first kappa shape index (κ1) is 14.8. The normalized spacial score (nSPS) is 13.7. The molecule has 2 atom stereocenters. The summed E-state index contributed by atoms with van der Waals surface area (Å²) >= 11 is 7.18. The van der Waals surface area contributed by atoms with Gasteiger partial charge in [-0.2, -0.15) is 0 Å². The number of carboxylic acid groups (broad SMARTS) is 1. The highest BCUT2D eigenvalue weighted by atomic mass is 35.5. The van der Waals surface area contributed by atoms with E-state index in [1.165, 1.54) is 11.3 Å². The van der Waals surface area contributed by atoms with Crippen molar-refractivity contribution in [1.82, 2.24) is 10.6 Å². The summed E-state index contributed by atoms with van der Waals surface area (Å²) in [6.45, 7) is 3.50. The lowest BCUT2D eigenvalue weighted by molar-refractivity contribution is -0.139. The van der Waals surface area contributed by atoms with E-state index in [0.717, 1.165) is 4.88 Å². The molecule has 1 heterocycles. The number of nitrogens with one attached hydrogen (secondary N) is 2. The molecule has 0 bridgehead atoms. The number of aliphatic carboxylic acids is 1. The van der Waals surface area contributed by atoms with Crippen molar-refractivity contribution in [3.8, 4) is 0 Å². The van der Waals surface area contributed by atoms with Gasteiger partial charge in [0.15, 0.2) is 0 Å². The summed E-state index contributed by atoms with van der Waals surface area (Å²) in [4.78, 5) is 23.3. The topological polar surface area (TPSA) is 78.4 Å². The fourth-order valence-electron chi connectivity index (χ4n) is 1.37. The van der Waals surface area contributed by atoms with Crippen molar-refractivity contribution in [3.63, 3.8) is 0 Å². The third-order valence-electron chi connectivity index (χ3n) is 2.38. The molecule has 0 saturated carbocycles. The Morgan fingerprint density at radius 2 is 2.11 bits per heavy atom. The molecular formula is C11H15ClN2O3S. The van der Waals surface area contributed by atoms with Crippen LogP contribution in [0.2, 0.25) is 4.34 Å². The highest BCUT2D eigenvalue weighted by Gasteiger charge is 2.19. The zero-order valence-electron chi connectivity index (χ0n) is 10.1. The fraction of sp³-hybridized carbons (Fsp3) is 0.455. The number of hydrogen-bond acceptors (Lipinski definition) is 3. The van der Waals surface area contributed by atoms with Crippen molar-refractivity contribution in [2.45, 2.75) is 32.4 Å². The number of hydrogen-bond donors (Lipinski definition) is 3. The predicted molar refractivity (Wildman–Crippen MR) is 71.1 cm³/mol. The summed E-state index contributed by atoms with van der Waals surface area (Å²) in [6, 6.07) is 2.00. The van der Waals surface area contributed by atoms with Crippen LogP contribution in [0.1, 0.15) is 31.2 Å². The Morgan fingerprint density at radius 1 is 1.44 bits per heavy atom. The Bertz CT molecular complexity index is 436. The van der Waals surface area contributed by atoms with Gasteiger partial charge in [-0.1, -0.05) is 18.5 Å². The first-order valence-corrected chi connectivity index (χ1v) is 6.68. The second kappa shape index (κ2) is 6.61. The maximum atomic E-state index is 11.6. The molecule has 7 heteroatoms. The van der Waals surface area contributed by atoms with Crippen LogP contribution in [0.25, 0.3) is 0 Å². The van der Waals surface area contributed by atoms with E-state index < -0.39 is 18.0 Å². The smallest absolute Gasteiger partial charge is 0.326 e. The largest absolute Gasteiger partial charge is 0.480 e. The summed E-state index contributed by atoms with van der Waals surface area (Å²) in [5.74, 6) is -1.04. The molecule has 100 valence electrons. The molecule has 0 aromatic carbocycles. The minimum Gasteiger partial charge on any atom is -0.480 e. The lowest BCUT2D eigenvalue weighted by atomic mass is 10.2. The van der Waals surface area contributed by atoms with Gasteiger partial charge >= 0.3 is 12.0 Å². The minimum atomic E-state index is -1.04. The van der Waals surface area contributed by atoms with Crippen LogP contribution in [0, 0.1) is 0 Å². The first-order valence-electron chi connectivity index (χ1n) is 5.49. The zero-order chi connectivity index (χ0) is 13.7. The first-order chi connectivity index (χ1) is 8.43. The van der Waals surface area contributed by atoms with Gasteiger partial charge in [0.2, 0.25) is 0 Å². The monoisotopic (exact) mass is 290 g/mol. The van der Waals surface area contributed by atoms with Gasteiger partial charge in [0.25, 0.3) is 0 Å². The molecule has 0 aliphatic rings. The predicted octanol–water partition coefficient (Wildman–Crippen LogP) is 2.62. The third-order valence-corrected chi connectivity index (χ3v) is 3.79. The Morgan fingerprint density at radius 3 is 2.56 bits per heavy atom. The summed E-state index contributed by atoms with van der Waals surface area (Å²) in [5.41, 5.74) is 0. The van der Waals surface area contributed by atoms with Crippen LogP contribution in [-0.2, 0) is 4.79 Å². The molecule has 0 aliphatic heterocycles. The quantitative estimate of drug-likeness (QED) is 0.780. The van der Waals surface area contributed by atoms with Gasteiger partial charge in [-0.25, -0.2) is 9.59 Å². The molecule has 0 radical (unpaired) electrons. The van der Waals surface area contributed by atoms with Gasteiger partial charge in [0.1, 0.15) is 6.04 Å². The van der Waals surface area contributed by atoms with Crippen molar-refractivity contribution >= 4 is 34.9 Å². The van der Waals surface area contributed by atoms with Crippen LogP contribution in [-0.4, -0.2) is 23.1 Å². The van der Waals surface area contributed by atoms with Gasteiger partial charge in [-0.05, 0) is 25.5 Å². The van der Waals surface area contributed by atoms with E-state index >= 15 is 0 Å². The summed E-state index contributed by atoms with van der Waals surface area (Å²) in [7, 11) is 0. The molecule has 18 heavy (non-hydrogen) atoms. The molecule has 5 nitrogen and oxygen atoms in total. The number of carboxylic acids is 1. The highest BCUT2D eigenvalue weighted by Crippen LogP contribution is 2.26. The number of urea groups is 1. The van der Waals surface area contributed by atoms with E-state index in [9.17, 15) is 9.59 Å². The molecular weight excluding hydrogens is 276 g/mol. The number of rotatable bonds is 5. The van der Waals surface area contributed by atoms with E-state index in [4.69, 9.17) is 16.7 Å². The van der Waals surface area contributed by atoms with Gasteiger partial charge in [0, 0.05) is 4.88 Å². The Balaban J connectivity index is 2.52. The molecule has 1 aromatic rings. The maximum Gasteiger partial charge on any atom is 0.326 e. The maximum absolute atomic E-state index is 11.6. The Kier molecular flexibility index (Phi) is 5.43. The van der Waals surface area contributed by atoms with E-state index in [1.807, 2.05) is 13.0 Å². The zero-order valence-corrected chi connectivity index (χ0v) is 11.6. The molecule has 1 aromatic heterocycles. The van der Waals surface area contributed by atoms with Crippen LogP contribution >= 0.6 is 22.9 Å². The molecule has 1 rings (SSSR count). The van der Waals surface area contributed by atoms with Crippen LogP contribution < -0.4 is 10.6 Å². The average Bonchev–Trinajstić information content (AvgIpc) is 2.72. The van der Waals surface area contributed by atoms with E-state index in [0.29, 0.717) is 10.8 Å². The molecule has 0 spiro atoms. The Hall–Kier alpha value is -1.27. The van der Waals surface area contributed by atoms with Gasteiger partial charge < -0.3 is 15.7 Å². The summed E-state index contributed by atoms with van der Waals surface area (Å²) in [6.07, 6.45) is 0.335. The Labute approximate surface area is 114 Å². The van der Waals surface area contributed by atoms with Crippen molar-refractivity contribution in [1.29, 1.82) is 0 Å². The molecule has 0 saturated heterocycles. The molecule has 3 N–H and O–H groups in total. The average molecular weight is 291 g/mol. The standard InChI is InChI=1S/C11H15ClN2O3S/c1-3-7(10(15)16)14-11(17)13-6(2)8-4-5-9(12)18-8/h4-7H,3H2,1-2H3,(H,15,16)(H2,13,14,17)/t6?,7-/m1/s1. The fourth-order valence-corrected chi connectivity index (χ4v) is 2.43. The van der Waals surface area contributed by atoms with Gasteiger partial charge in [-0.3, -0.25) is 0 Å². The number of carbonyl (C=O) groups excluding carboxylic acids is 1. The lowest BCUT2D eigenvalue weighted by Crippen LogP contribution is -2.46. The molecule has 0 aliphatic carbocycles. The SMILES string of the molecule is CC[C@@H](NC(=O)NC(C)c1ccc(Cl)s1)C(=O)O. The molecule has 2 amide bonds. The van der Waals surface area contributed by atoms with Crippen molar-refractivity contribution in [3.05, 3.63) is 21.3 Å². The van der Waals surface area contributed by atoms with Gasteiger partial charge in [-0.15, -0.1) is 11.3 Å². The van der Waals surface area contributed by atoms with Crippen LogP contribution in [0.3, 0.4) is 0 Å². The van der Waals surface area contributed by atoms with Crippen molar-refractivity contribution < 1.29 is 14.7 Å². The number of carbonyl (C=O) groups is 2. The second-order valence-electron chi connectivity index (χ2n) is 3.78. The van der Waals surface area contributed by atoms with Crippen LogP contribution in [0.4, 0.5) is 4.79 Å². The van der Waals surface area contributed by atoms with Gasteiger partial charge in [0.05, 0.1) is 10.4 Å². The third kappa shape index (κ3) is 4.19. The van der Waals surface area contributed by atoms with E-state index in [2.05, 4.69) is 10.6 Å². The molecule has 0 fully saturated rings. The van der Waals surface area contributed by atoms with Crippen LogP contribution in [0.5, 0.6) is 0 Å². The second-order valence-corrected chi connectivity index (χ2v) is 5.53. The van der Waals surface area contributed by atoms with Crippen LogP contribution in [0.15, 0.2) is 12.1 Å². The van der Waals surface area contributed by atoms with E-state index in [1.54, 1.807) is 13.0 Å². The summed E-state index contributed by atoms with van der Waals surface area (Å²) in [5, 5.41) is 13.9. The highest BCUT2D eigenvalue weighted by molar-refractivity contribution is 7.16. The number of halogens is 1.